The second kappa shape index (κ2) is 7.84. The zero-order valence-corrected chi connectivity index (χ0v) is 15.5. The zero-order valence-electron chi connectivity index (χ0n) is 14.6. The molecule has 1 aromatic heterocycles. The number of pyridine rings is 1. The summed E-state index contributed by atoms with van der Waals surface area (Å²) < 4.78 is 53.9. The number of aromatic nitrogens is 1. The van der Waals surface area contributed by atoms with Gasteiger partial charge in [0, 0.05) is 24.0 Å². The van der Waals surface area contributed by atoms with Crippen molar-refractivity contribution in [3.63, 3.8) is 0 Å². The van der Waals surface area contributed by atoms with Crippen LogP contribution >= 0.6 is 0 Å². The van der Waals surface area contributed by atoms with E-state index in [0.717, 1.165) is 11.6 Å². The predicted octanol–water partition coefficient (Wildman–Crippen LogP) is 4.38. The molecule has 0 fully saturated rings. The molecule has 140 valence electrons. The average molecular weight is 388 g/mol. The van der Waals surface area contributed by atoms with Crippen LogP contribution in [-0.2, 0) is 16.6 Å². The summed E-state index contributed by atoms with van der Waals surface area (Å²) in [6.07, 6.45) is 3.21. The Kier molecular flexibility index (Phi) is 5.51. The van der Waals surface area contributed by atoms with Crippen LogP contribution < -0.4 is 4.31 Å². The molecule has 1 heterocycles. The number of halogens is 2. The number of benzene rings is 2. The Morgan fingerprint density at radius 1 is 1.04 bits per heavy atom. The zero-order chi connectivity index (χ0) is 19.4. The largest absolute Gasteiger partial charge is 0.266 e. The molecule has 0 saturated carbocycles. The minimum atomic E-state index is -3.58. The molecule has 3 aromatic rings. The van der Waals surface area contributed by atoms with Crippen molar-refractivity contribution < 1.29 is 17.2 Å². The number of sulfonamides is 1. The van der Waals surface area contributed by atoms with E-state index in [0.29, 0.717) is 11.3 Å². The molecule has 0 bridgehead atoms. The topological polar surface area (TPSA) is 50.3 Å². The van der Waals surface area contributed by atoms with Crippen molar-refractivity contribution in [2.24, 2.45) is 0 Å². The molecule has 3 rings (SSSR count). The van der Waals surface area contributed by atoms with E-state index in [2.05, 4.69) is 4.98 Å². The van der Waals surface area contributed by atoms with Crippen molar-refractivity contribution in [3.8, 4) is 11.1 Å². The van der Waals surface area contributed by atoms with Crippen LogP contribution in [0.4, 0.5) is 14.5 Å². The van der Waals surface area contributed by atoms with Gasteiger partial charge in [-0.05, 0) is 48.4 Å². The van der Waals surface area contributed by atoms with Crippen LogP contribution in [0.5, 0.6) is 0 Å². The lowest BCUT2D eigenvalue weighted by molar-refractivity contribution is 0.585. The van der Waals surface area contributed by atoms with Crippen molar-refractivity contribution >= 4 is 15.7 Å². The minimum Gasteiger partial charge on any atom is -0.266 e. The Hall–Kier alpha value is -2.80. The maximum Gasteiger partial charge on any atom is 0.235 e. The summed E-state index contributed by atoms with van der Waals surface area (Å²) in [6, 6.07) is 13.4. The molecule has 0 radical (unpaired) electrons. The number of hydrogen-bond donors (Lipinski definition) is 0. The lowest BCUT2D eigenvalue weighted by atomic mass is 10.0. The fraction of sp³-hybridized carbons (Fsp3) is 0.150. The van der Waals surface area contributed by atoms with Gasteiger partial charge in [0.1, 0.15) is 11.6 Å². The summed E-state index contributed by atoms with van der Waals surface area (Å²) in [4.78, 5) is 4.02. The average Bonchev–Trinajstić information content (AvgIpc) is 2.67. The lowest BCUT2D eigenvalue weighted by Crippen LogP contribution is -2.31. The number of hydrogen-bond acceptors (Lipinski definition) is 3. The molecule has 0 amide bonds. The predicted molar refractivity (Wildman–Crippen MR) is 102 cm³/mol. The Balaban J connectivity index is 2.05. The summed E-state index contributed by atoms with van der Waals surface area (Å²) in [5.74, 6) is -1.45. The van der Waals surface area contributed by atoms with Gasteiger partial charge in [0.15, 0.2) is 0 Å². The number of rotatable bonds is 6. The summed E-state index contributed by atoms with van der Waals surface area (Å²) in [5.41, 5.74) is 1.80. The van der Waals surface area contributed by atoms with Crippen LogP contribution in [0.1, 0.15) is 12.5 Å². The molecular weight excluding hydrogens is 370 g/mol. The van der Waals surface area contributed by atoms with E-state index in [4.69, 9.17) is 0 Å². The van der Waals surface area contributed by atoms with Gasteiger partial charge < -0.3 is 0 Å². The van der Waals surface area contributed by atoms with Gasteiger partial charge in [0.05, 0.1) is 18.0 Å². The third-order valence-corrected chi connectivity index (χ3v) is 5.87. The van der Waals surface area contributed by atoms with E-state index in [1.807, 2.05) is 0 Å². The van der Waals surface area contributed by atoms with Gasteiger partial charge in [-0.1, -0.05) is 18.2 Å². The Labute approximate surface area is 157 Å². The lowest BCUT2D eigenvalue weighted by Gasteiger charge is -2.24. The Morgan fingerprint density at radius 3 is 2.52 bits per heavy atom. The van der Waals surface area contributed by atoms with Crippen molar-refractivity contribution in [3.05, 3.63) is 84.2 Å². The summed E-state index contributed by atoms with van der Waals surface area (Å²) >= 11 is 0. The molecular formula is C20H18F2N2O2S. The maximum absolute atomic E-state index is 14.1. The fourth-order valence-corrected chi connectivity index (χ4v) is 3.81. The normalized spacial score (nSPS) is 11.4. The number of anilines is 1. The quantitative estimate of drug-likeness (QED) is 0.630. The molecule has 0 spiro atoms. The first kappa shape index (κ1) is 19.0. The van der Waals surface area contributed by atoms with E-state index < -0.39 is 21.7 Å². The van der Waals surface area contributed by atoms with Crippen LogP contribution in [0, 0.1) is 11.6 Å². The summed E-state index contributed by atoms with van der Waals surface area (Å²) in [5, 5.41) is 0. The van der Waals surface area contributed by atoms with E-state index in [1.54, 1.807) is 55.7 Å². The highest BCUT2D eigenvalue weighted by Crippen LogP contribution is 2.29. The minimum absolute atomic E-state index is 0.0810. The first-order chi connectivity index (χ1) is 12.9. The molecule has 0 aliphatic heterocycles. The Morgan fingerprint density at radius 2 is 1.85 bits per heavy atom. The SMILES string of the molecule is CCS(=O)(=O)N(Cc1cccnc1)c1cccc(-c2ccc(F)cc2F)c1. The van der Waals surface area contributed by atoms with Crippen molar-refractivity contribution in [2.75, 3.05) is 10.1 Å². The first-order valence-electron chi connectivity index (χ1n) is 8.35. The van der Waals surface area contributed by atoms with Crippen LogP contribution in [-0.4, -0.2) is 19.2 Å². The standard InChI is InChI=1S/C20H18F2N2O2S/c1-2-27(25,26)24(14-15-5-4-10-23-13-15)18-7-3-6-16(11-18)19-9-8-17(21)12-20(19)22/h3-13H,2,14H2,1H3. The van der Waals surface area contributed by atoms with Crippen molar-refractivity contribution in [1.29, 1.82) is 0 Å². The first-order valence-corrected chi connectivity index (χ1v) is 9.96. The van der Waals surface area contributed by atoms with Crippen molar-refractivity contribution in [2.45, 2.75) is 13.5 Å². The number of nitrogens with zero attached hydrogens (tertiary/aromatic N) is 2. The van der Waals surface area contributed by atoms with E-state index in [-0.39, 0.29) is 17.9 Å². The van der Waals surface area contributed by atoms with Gasteiger partial charge in [-0.2, -0.15) is 0 Å². The molecule has 0 saturated heterocycles. The smallest absolute Gasteiger partial charge is 0.235 e. The monoisotopic (exact) mass is 388 g/mol. The maximum atomic E-state index is 14.1. The molecule has 0 aliphatic rings. The van der Waals surface area contributed by atoms with Gasteiger partial charge in [0.25, 0.3) is 0 Å². The highest BCUT2D eigenvalue weighted by atomic mass is 32.2. The third-order valence-electron chi connectivity index (χ3n) is 4.13. The molecule has 4 nitrogen and oxygen atoms in total. The molecule has 0 atom stereocenters. The van der Waals surface area contributed by atoms with E-state index in [9.17, 15) is 17.2 Å². The summed E-state index contributed by atoms with van der Waals surface area (Å²) in [6.45, 7) is 1.68. The Bertz CT molecular complexity index is 1040. The van der Waals surface area contributed by atoms with Gasteiger partial charge in [-0.15, -0.1) is 0 Å². The van der Waals surface area contributed by atoms with Gasteiger partial charge in [-0.3, -0.25) is 9.29 Å². The van der Waals surface area contributed by atoms with Crippen LogP contribution in [0.3, 0.4) is 0 Å². The molecule has 27 heavy (non-hydrogen) atoms. The van der Waals surface area contributed by atoms with E-state index >= 15 is 0 Å². The van der Waals surface area contributed by atoms with Gasteiger partial charge >= 0.3 is 0 Å². The molecule has 0 unspecified atom stereocenters. The molecule has 2 aromatic carbocycles. The highest BCUT2D eigenvalue weighted by molar-refractivity contribution is 7.92. The molecule has 0 N–H and O–H groups in total. The van der Waals surface area contributed by atoms with Gasteiger partial charge in [0.2, 0.25) is 10.0 Å². The van der Waals surface area contributed by atoms with Crippen molar-refractivity contribution in [1.82, 2.24) is 4.98 Å². The van der Waals surface area contributed by atoms with Crippen LogP contribution in [0.25, 0.3) is 11.1 Å². The van der Waals surface area contributed by atoms with Crippen LogP contribution in [0.2, 0.25) is 0 Å². The molecule has 0 aliphatic carbocycles. The summed E-state index contributed by atoms with van der Waals surface area (Å²) in [7, 11) is -3.58. The third kappa shape index (κ3) is 4.31. The van der Waals surface area contributed by atoms with Gasteiger partial charge in [-0.25, -0.2) is 17.2 Å². The molecule has 7 heteroatoms. The van der Waals surface area contributed by atoms with Crippen LogP contribution in [0.15, 0.2) is 67.0 Å². The highest BCUT2D eigenvalue weighted by Gasteiger charge is 2.22. The van der Waals surface area contributed by atoms with E-state index in [1.165, 1.54) is 16.4 Å². The second-order valence-electron chi connectivity index (χ2n) is 5.94. The fourth-order valence-electron chi connectivity index (χ4n) is 2.72. The second-order valence-corrected chi connectivity index (χ2v) is 8.12.